The SMILES string of the molecule is Cn1ccc(CNC(=O)NC(C)(C)C)c1. The van der Waals surface area contributed by atoms with Crippen molar-refractivity contribution in [3.8, 4) is 0 Å². The van der Waals surface area contributed by atoms with Gasteiger partial charge in [-0.05, 0) is 32.4 Å². The molecule has 0 aliphatic rings. The number of rotatable bonds is 2. The smallest absolute Gasteiger partial charge is 0.315 e. The predicted molar refractivity (Wildman–Crippen MR) is 60.5 cm³/mol. The van der Waals surface area contributed by atoms with Crippen LogP contribution in [0.2, 0.25) is 0 Å². The fourth-order valence-electron chi connectivity index (χ4n) is 1.23. The summed E-state index contributed by atoms with van der Waals surface area (Å²) in [7, 11) is 1.96. The normalized spacial score (nSPS) is 11.2. The number of carbonyl (C=O) groups is 1. The highest BCUT2D eigenvalue weighted by atomic mass is 16.2. The molecule has 1 rings (SSSR count). The molecule has 0 radical (unpaired) electrons. The second kappa shape index (κ2) is 4.38. The van der Waals surface area contributed by atoms with Gasteiger partial charge in [0.1, 0.15) is 0 Å². The van der Waals surface area contributed by atoms with Crippen LogP contribution in [0.3, 0.4) is 0 Å². The quantitative estimate of drug-likeness (QED) is 0.764. The van der Waals surface area contributed by atoms with Crippen LogP contribution < -0.4 is 10.6 Å². The average Bonchev–Trinajstić information content (AvgIpc) is 2.45. The third-order valence-corrected chi connectivity index (χ3v) is 1.83. The maximum absolute atomic E-state index is 11.4. The third kappa shape index (κ3) is 4.54. The van der Waals surface area contributed by atoms with E-state index < -0.39 is 0 Å². The van der Waals surface area contributed by atoms with Crippen molar-refractivity contribution in [3.63, 3.8) is 0 Å². The van der Waals surface area contributed by atoms with Gasteiger partial charge in [-0.15, -0.1) is 0 Å². The number of urea groups is 1. The zero-order chi connectivity index (χ0) is 11.5. The van der Waals surface area contributed by atoms with Crippen LogP contribution in [0.25, 0.3) is 0 Å². The number of carbonyl (C=O) groups excluding carboxylic acids is 1. The lowest BCUT2D eigenvalue weighted by atomic mass is 10.1. The molecule has 0 bridgehead atoms. The van der Waals surface area contributed by atoms with Gasteiger partial charge in [-0.1, -0.05) is 0 Å². The molecule has 4 heteroatoms. The van der Waals surface area contributed by atoms with E-state index in [0.29, 0.717) is 6.54 Å². The molecule has 1 aromatic heterocycles. The summed E-state index contributed by atoms with van der Waals surface area (Å²) in [5.41, 5.74) is 0.905. The Morgan fingerprint density at radius 3 is 2.60 bits per heavy atom. The molecule has 15 heavy (non-hydrogen) atoms. The Kier molecular flexibility index (Phi) is 3.39. The lowest BCUT2D eigenvalue weighted by Crippen LogP contribution is -2.46. The predicted octanol–water partition coefficient (Wildman–Crippen LogP) is 1.62. The Morgan fingerprint density at radius 2 is 2.13 bits per heavy atom. The van der Waals surface area contributed by atoms with E-state index in [1.807, 2.05) is 50.8 Å². The van der Waals surface area contributed by atoms with Crippen LogP contribution in [0.5, 0.6) is 0 Å². The number of nitrogens with zero attached hydrogens (tertiary/aromatic N) is 1. The molecule has 4 nitrogen and oxygen atoms in total. The lowest BCUT2D eigenvalue weighted by Gasteiger charge is -2.20. The monoisotopic (exact) mass is 209 g/mol. The van der Waals surface area contributed by atoms with Crippen LogP contribution in [0.1, 0.15) is 26.3 Å². The van der Waals surface area contributed by atoms with Gasteiger partial charge in [0.2, 0.25) is 0 Å². The summed E-state index contributed by atoms with van der Waals surface area (Å²) in [6.07, 6.45) is 3.94. The Labute approximate surface area is 90.7 Å². The lowest BCUT2D eigenvalue weighted by molar-refractivity contribution is 0.231. The van der Waals surface area contributed by atoms with Gasteiger partial charge < -0.3 is 15.2 Å². The maximum Gasteiger partial charge on any atom is 0.315 e. The zero-order valence-electron chi connectivity index (χ0n) is 9.79. The minimum Gasteiger partial charge on any atom is -0.357 e. The van der Waals surface area contributed by atoms with Crippen LogP contribution in [0.4, 0.5) is 4.79 Å². The van der Waals surface area contributed by atoms with E-state index in [-0.39, 0.29) is 11.6 Å². The summed E-state index contributed by atoms with van der Waals surface area (Å²) in [4.78, 5) is 11.4. The van der Waals surface area contributed by atoms with Crippen LogP contribution in [-0.2, 0) is 13.6 Å². The highest BCUT2D eigenvalue weighted by Crippen LogP contribution is 2.00. The Hall–Kier alpha value is -1.45. The molecule has 0 unspecified atom stereocenters. The third-order valence-electron chi connectivity index (χ3n) is 1.83. The fraction of sp³-hybridized carbons (Fsp3) is 0.545. The number of aromatic nitrogens is 1. The van der Waals surface area contributed by atoms with E-state index in [0.717, 1.165) is 5.56 Å². The molecule has 0 spiro atoms. The van der Waals surface area contributed by atoms with Crippen LogP contribution in [0.15, 0.2) is 18.5 Å². The van der Waals surface area contributed by atoms with E-state index in [4.69, 9.17) is 0 Å². The van der Waals surface area contributed by atoms with Crippen molar-refractivity contribution in [1.82, 2.24) is 15.2 Å². The molecule has 1 aromatic rings. The van der Waals surface area contributed by atoms with E-state index >= 15 is 0 Å². The minimum absolute atomic E-state index is 0.133. The molecule has 1 heterocycles. The zero-order valence-corrected chi connectivity index (χ0v) is 9.79. The first-order chi connectivity index (χ1) is 6.87. The Bertz CT molecular complexity index is 336. The number of nitrogens with one attached hydrogen (secondary N) is 2. The first-order valence-corrected chi connectivity index (χ1v) is 5.04. The first kappa shape index (κ1) is 11.6. The largest absolute Gasteiger partial charge is 0.357 e. The molecule has 0 fully saturated rings. The molecule has 84 valence electrons. The summed E-state index contributed by atoms with van der Waals surface area (Å²) in [6.45, 7) is 6.42. The number of amides is 2. The number of hydrogen-bond donors (Lipinski definition) is 2. The molecule has 2 amide bonds. The maximum atomic E-state index is 11.4. The van der Waals surface area contributed by atoms with E-state index in [1.54, 1.807) is 0 Å². The van der Waals surface area contributed by atoms with Gasteiger partial charge in [0.05, 0.1) is 0 Å². The van der Waals surface area contributed by atoms with Crippen molar-refractivity contribution in [2.24, 2.45) is 7.05 Å². The average molecular weight is 209 g/mol. The van der Waals surface area contributed by atoms with E-state index in [9.17, 15) is 4.79 Å². The van der Waals surface area contributed by atoms with Gasteiger partial charge in [-0.25, -0.2) is 4.79 Å². The highest BCUT2D eigenvalue weighted by Gasteiger charge is 2.12. The van der Waals surface area contributed by atoms with Gasteiger partial charge in [0, 0.05) is 31.5 Å². The molecule has 0 aromatic carbocycles. The van der Waals surface area contributed by atoms with Crippen molar-refractivity contribution in [3.05, 3.63) is 24.0 Å². The fourth-order valence-corrected chi connectivity index (χ4v) is 1.23. The molecular weight excluding hydrogens is 190 g/mol. The molecule has 0 aliphatic heterocycles. The topological polar surface area (TPSA) is 46.1 Å². The van der Waals surface area contributed by atoms with Gasteiger partial charge in [-0.3, -0.25) is 0 Å². The van der Waals surface area contributed by atoms with Crippen LogP contribution in [-0.4, -0.2) is 16.1 Å². The molecule has 0 atom stereocenters. The molecule has 0 aliphatic carbocycles. The summed E-state index contributed by atoms with van der Waals surface area (Å²) >= 11 is 0. The molecule has 2 N–H and O–H groups in total. The second-order valence-corrected chi connectivity index (χ2v) is 4.74. The number of aryl methyl sites for hydroxylation is 1. The molecule has 0 saturated heterocycles. The summed E-state index contributed by atoms with van der Waals surface area (Å²) in [5, 5.41) is 5.64. The first-order valence-electron chi connectivity index (χ1n) is 5.04. The van der Waals surface area contributed by atoms with Crippen LogP contribution >= 0.6 is 0 Å². The van der Waals surface area contributed by atoms with Crippen molar-refractivity contribution in [2.45, 2.75) is 32.9 Å². The molecule has 0 saturated carbocycles. The van der Waals surface area contributed by atoms with Gasteiger partial charge in [0.25, 0.3) is 0 Å². The summed E-state index contributed by atoms with van der Waals surface area (Å²) < 4.78 is 1.96. The van der Waals surface area contributed by atoms with E-state index in [2.05, 4.69) is 10.6 Å². The number of hydrogen-bond acceptors (Lipinski definition) is 1. The second-order valence-electron chi connectivity index (χ2n) is 4.74. The highest BCUT2D eigenvalue weighted by molar-refractivity contribution is 5.74. The van der Waals surface area contributed by atoms with Gasteiger partial charge in [0.15, 0.2) is 0 Å². The van der Waals surface area contributed by atoms with Crippen molar-refractivity contribution < 1.29 is 4.79 Å². The molecular formula is C11H19N3O. The van der Waals surface area contributed by atoms with Crippen molar-refractivity contribution in [2.75, 3.05) is 0 Å². The Balaban J connectivity index is 2.35. The van der Waals surface area contributed by atoms with Gasteiger partial charge in [-0.2, -0.15) is 0 Å². The van der Waals surface area contributed by atoms with E-state index in [1.165, 1.54) is 0 Å². The van der Waals surface area contributed by atoms with Crippen molar-refractivity contribution >= 4 is 6.03 Å². The minimum atomic E-state index is -0.194. The summed E-state index contributed by atoms with van der Waals surface area (Å²) in [5.74, 6) is 0. The summed E-state index contributed by atoms with van der Waals surface area (Å²) in [6, 6.07) is 1.85. The Morgan fingerprint density at radius 1 is 1.47 bits per heavy atom. The van der Waals surface area contributed by atoms with Gasteiger partial charge >= 0.3 is 6.03 Å². The van der Waals surface area contributed by atoms with Crippen molar-refractivity contribution in [1.29, 1.82) is 0 Å². The standard InChI is InChI=1S/C11H19N3O/c1-11(2,3)13-10(15)12-7-9-5-6-14(4)8-9/h5-6,8H,7H2,1-4H3,(H2,12,13,15). The van der Waals surface area contributed by atoms with Crippen LogP contribution in [0, 0.1) is 0 Å².